The highest BCUT2D eigenvalue weighted by Gasteiger charge is 2.18. The lowest BCUT2D eigenvalue weighted by Gasteiger charge is -2.10. The summed E-state index contributed by atoms with van der Waals surface area (Å²) in [6.45, 7) is -0.619. The molecule has 0 saturated heterocycles. The van der Waals surface area contributed by atoms with E-state index < -0.39 is 34.8 Å². The fraction of sp³-hybridized carbons (Fsp3) is 0.0714. The number of amides is 1. The van der Waals surface area contributed by atoms with Crippen molar-refractivity contribution in [2.45, 2.75) is 0 Å². The molecule has 0 heterocycles. The molecule has 0 aliphatic carbocycles. The van der Waals surface area contributed by atoms with Gasteiger partial charge in [-0.3, -0.25) is 14.9 Å². The Morgan fingerprint density at radius 2 is 2.04 bits per heavy atom. The maximum absolute atomic E-state index is 13.6. The molecule has 1 amide bonds. The first-order valence-electron chi connectivity index (χ1n) is 6.29. The van der Waals surface area contributed by atoms with E-state index in [-0.39, 0.29) is 20.9 Å². The molecule has 0 atom stereocenters. The first-order valence-corrected chi connectivity index (χ1v) is 7.46. The van der Waals surface area contributed by atoms with Gasteiger partial charge in [0.2, 0.25) is 0 Å². The molecule has 24 heavy (non-hydrogen) atoms. The Labute approximate surface area is 147 Å². The normalized spacial score (nSPS) is 10.3. The van der Waals surface area contributed by atoms with E-state index in [0.29, 0.717) is 6.07 Å². The smallest absolute Gasteiger partial charge is 0.312 e. The summed E-state index contributed by atoms with van der Waals surface area (Å²) in [6.07, 6.45) is 0. The lowest BCUT2D eigenvalue weighted by Crippen LogP contribution is -2.21. The number of halogens is 4. The van der Waals surface area contributed by atoms with Gasteiger partial charge >= 0.3 is 5.69 Å². The second-order valence-electron chi connectivity index (χ2n) is 4.45. The maximum Gasteiger partial charge on any atom is 0.312 e. The molecule has 10 heteroatoms. The number of hydrogen-bond donors (Lipinski definition) is 1. The molecule has 2 rings (SSSR count). The van der Waals surface area contributed by atoms with E-state index in [1.807, 2.05) is 0 Å². The van der Waals surface area contributed by atoms with Crippen LogP contribution in [-0.4, -0.2) is 17.4 Å². The Morgan fingerprint density at radius 1 is 1.33 bits per heavy atom. The summed E-state index contributed by atoms with van der Waals surface area (Å²) in [5.41, 5.74) is -0.681. The number of ether oxygens (including phenoxy) is 1. The van der Waals surface area contributed by atoms with E-state index >= 15 is 0 Å². The molecule has 0 fully saturated rings. The number of hydrogen-bond acceptors (Lipinski definition) is 4. The van der Waals surface area contributed by atoms with Gasteiger partial charge in [-0.05, 0) is 34.1 Å². The number of nitro benzene ring substituents is 1. The summed E-state index contributed by atoms with van der Waals surface area (Å²) >= 11 is 8.58. The minimum atomic E-state index is -0.979. The predicted octanol–water partition coefficient (Wildman–Crippen LogP) is 4.31. The SMILES string of the molecule is O=C(COc1ccc(Cl)cc1[N+](=O)[O-])Nc1c(F)cc(F)cc1Br. The first-order chi connectivity index (χ1) is 11.3. The third-order valence-corrected chi connectivity index (χ3v) is 3.61. The van der Waals surface area contributed by atoms with Crippen LogP contribution in [0.1, 0.15) is 0 Å². The van der Waals surface area contributed by atoms with Crippen molar-refractivity contribution in [3.8, 4) is 5.75 Å². The average molecular weight is 422 g/mol. The Kier molecular flexibility index (Phi) is 5.68. The van der Waals surface area contributed by atoms with E-state index in [2.05, 4.69) is 21.2 Å². The standard InChI is InChI=1S/C14H8BrClF2N2O4/c15-9-4-8(17)5-10(18)14(9)19-13(21)6-24-12-2-1-7(16)3-11(12)20(22)23/h1-5H,6H2,(H,19,21). The quantitative estimate of drug-likeness (QED) is 0.576. The zero-order chi connectivity index (χ0) is 17.9. The highest BCUT2D eigenvalue weighted by Crippen LogP contribution is 2.30. The molecule has 1 N–H and O–H groups in total. The Morgan fingerprint density at radius 3 is 2.67 bits per heavy atom. The summed E-state index contributed by atoms with van der Waals surface area (Å²) in [7, 11) is 0. The molecule has 0 saturated carbocycles. The van der Waals surface area contributed by atoms with Crippen molar-refractivity contribution in [2.24, 2.45) is 0 Å². The van der Waals surface area contributed by atoms with Gasteiger partial charge in [-0.15, -0.1) is 0 Å². The molecule has 0 aliphatic heterocycles. The van der Waals surface area contributed by atoms with Crippen molar-refractivity contribution in [1.82, 2.24) is 0 Å². The summed E-state index contributed by atoms with van der Waals surface area (Å²) in [4.78, 5) is 22.0. The summed E-state index contributed by atoms with van der Waals surface area (Å²) in [5.74, 6) is -2.75. The Balaban J connectivity index is 2.09. The van der Waals surface area contributed by atoms with Gasteiger partial charge in [0.25, 0.3) is 5.91 Å². The number of nitrogens with one attached hydrogen (secondary N) is 1. The molecule has 0 radical (unpaired) electrons. The van der Waals surface area contributed by atoms with Crippen LogP contribution in [0.15, 0.2) is 34.8 Å². The lowest BCUT2D eigenvalue weighted by molar-refractivity contribution is -0.385. The van der Waals surface area contributed by atoms with Gasteiger partial charge in [0, 0.05) is 21.6 Å². The van der Waals surface area contributed by atoms with Crippen LogP contribution >= 0.6 is 27.5 Å². The fourth-order valence-electron chi connectivity index (χ4n) is 1.74. The molecule has 2 aromatic rings. The molecular weight excluding hydrogens is 414 g/mol. The Hall–Kier alpha value is -2.26. The van der Waals surface area contributed by atoms with Gasteiger partial charge in [0.1, 0.15) is 5.82 Å². The van der Waals surface area contributed by atoms with E-state index in [1.165, 1.54) is 12.1 Å². The summed E-state index contributed by atoms with van der Waals surface area (Å²) < 4.78 is 31.7. The number of anilines is 1. The number of nitrogens with zero attached hydrogens (tertiary/aromatic N) is 1. The van der Waals surface area contributed by atoms with Crippen molar-refractivity contribution in [1.29, 1.82) is 0 Å². The van der Waals surface area contributed by atoms with Crippen molar-refractivity contribution in [3.05, 3.63) is 61.6 Å². The largest absolute Gasteiger partial charge is 0.477 e. The third kappa shape index (κ3) is 4.39. The highest BCUT2D eigenvalue weighted by atomic mass is 79.9. The fourth-order valence-corrected chi connectivity index (χ4v) is 2.41. The number of carbonyl (C=O) groups is 1. The van der Waals surface area contributed by atoms with Crippen LogP contribution in [0, 0.1) is 21.7 Å². The molecule has 0 bridgehead atoms. The van der Waals surface area contributed by atoms with Crippen LogP contribution in [-0.2, 0) is 4.79 Å². The number of benzene rings is 2. The minimum absolute atomic E-state index is 0.00539. The topological polar surface area (TPSA) is 81.5 Å². The third-order valence-electron chi connectivity index (χ3n) is 2.75. The van der Waals surface area contributed by atoms with E-state index in [0.717, 1.165) is 12.1 Å². The number of carbonyl (C=O) groups excluding carboxylic acids is 1. The van der Waals surface area contributed by atoms with E-state index in [4.69, 9.17) is 16.3 Å². The van der Waals surface area contributed by atoms with E-state index in [9.17, 15) is 23.7 Å². The van der Waals surface area contributed by atoms with Crippen LogP contribution in [0.3, 0.4) is 0 Å². The zero-order valence-electron chi connectivity index (χ0n) is 11.7. The van der Waals surface area contributed by atoms with Gasteiger partial charge in [-0.1, -0.05) is 11.6 Å². The van der Waals surface area contributed by atoms with Gasteiger partial charge in [0.05, 0.1) is 10.6 Å². The molecule has 126 valence electrons. The summed E-state index contributed by atoms with van der Waals surface area (Å²) in [6, 6.07) is 5.25. The molecule has 0 unspecified atom stereocenters. The van der Waals surface area contributed by atoms with Crippen LogP contribution in [0.25, 0.3) is 0 Å². The van der Waals surface area contributed by atoms with Gasteiger partial charge in [-0.25, -0.2) is 8.78 Å². The summed E-state index contributed by atoms with van der Waals surface area (Å²) in [5, 5.41) is 13.2. The van der Waals surface area contributed by atoms with Crippen molar-refractivity contribution >= 4 is 44.8 Å². The molecule has 2 aromatic carbocycles. The van der Waals surface area contributed by atoms with Crippen molar-refractivity contribution in [3.63, 3.8) is 0 Å². The van der Waals surface area contributed by atoms with Crippen LogP contribution in [0.2, 0.25) is 5.02 Å². The van der Waals surface area contributed by atoms with E-state index in [1.54, 1.807) is 0 Å². The highest BCUT2D eigenvalue weighted by molar-refractivity contribution is 9.10. The second kappa shape index (κ2) is 7.54. The average Bonchev–Trinajstić information content (AvgIpc) is 2.49. The van der Waals surface area contributed by atoms with Crippen LogP contribution < -0.4 is 10.1 Å². The monoisotopic (exact) mass is 420 g/mol. The predicted molar refractivity (Wildman–Crippen MR) is 86.3 cm³/mol. The first kappa shape index (κ1) is 18.1. The molecule has 0 spiro atoms. The molecule has 0 aromatic heterocycles. The Bertz CT molecular complexity index is 796. The molecule has 0 aliphatic rings. The number of rotatable bonds is 5. The van der Waals surface area contributed by atoms with Gasteiger partial charge in [-0.2, -0.15) is 0 Å². The van der Waals surface area contributed by atoms with Crippen molar-refractivity contribution < 1.29 is 23.2 Å². The number of nitro groups is 1. The van der Waals surface area contributed by atoms with Crippen LogP contribution in [0.4, 0.5) is 20.2 Å². The van der Waals surface area contributed by atoms with Gasteiger partial charge < -0.3 is 10.1 Å². The maximum atomic E-state index is 13.6. The van der Waals surface area contributed by atoms with Gasteiger partial charge in [0.15, 0.2) is 18.2 Å². The lowest BCUT2D eigenvalue weighted by atomic mass is 10.3. The molecular formula is C14H8BrClF2N2O4. The molecule has 6 nitrogen and oxygen atoms in total. The minimum Gasteiger partial charge on any atom is -0.477 e. The van der Waals surface area contributed by atoms with Crippen molar-refractivity contribution in [2.75, 3.05) is 11.9 Å². The van der Waals surface area contributed by atoms with Crippen LogP contribution in [0.5, 0.6) is 5.75 Å². The zero-order valence-corrected chi connectivity index (χ0v) is 14.0. The second-order valence-corrected chi connectivity index (χ2v) is 5.74.